The van der Waals surface area contributed by atoms with Crippen LogP contribution in [-0.4, -0.2) is 41.9 Å². The molecule has 1 aromatic heterocycles. The third-order valence-corrected chi connectivity index (χ3v) is 5.57. The van der Waals surface area contributed by atoms with Gasteiger partial charge in [-0.3, -0.25) is 4.79 Å². The molecule has 3 rings (SSSR count). The second-order valence-corrected chi connectivity index (χ2v) is 7.69. The average molecular weight is 348 g/mol. The summed E-state index contributed by atoms with van der Waals surface area (Å²) in [5, 5.41) is 0. The fraction of sp³-hybridized carbons (Fsp3) is 0.375. The fourth-order valence-electron chi connectivity index (χ4n) is 2.82. The first-order valence-electron chi connectivity index (χ1n) is 7.76. The highest BCUT2D eigenvalue weighted by atomic mass is 32.2. The summed E-state index contributed by atoms with van der Waals surface area (Å²) in [7, 11) is -3.55. The van der Waals surface area contributed by atoms with Crippen LogP contribution < -0.4 is 4.72 Å². The second-order valence-electron chi connectivity index (χ2n) is 5.93. The van der Waals surface area contributed by atoms with Crippen molar-refractivity contribution in [2.75, 3.05) is 13.1 Å². The quantitative estimate of drug-likeness (QED) is 0.887. The molecule has 1 amide bonds. The molecule has 7 nitrogen and oxygen atoms in total. The van der Waals surface area contributed by atoms with E-state index in [1.54, 1.807) is 41.4 Å². The molecule has 0 aliphatic carbocycles. The first kappa shape index (κ1) is 16.7. The molecule has 0 fully saturated rings. The van der Waals surface area contributed by atoms with E-state index >= 15 is 0 Å². The Morgan fingerprint density at radius 3 is 2.75 bits per heavy atom. The summed E-state index contributed by atoms with van der Waals surface area (Å²) in [5.41, 5.74) is 0. The number of hydrogen-bond acceptors (Lipinski definition) is 4. The highest BCUT2D eigenvalue weighted by Crippen LogP contribution is 2.16. The highest BCUT2D eigenvalue weighted by Gasteiger charge is 2.25. The molecule has 0 spiro atoms. The summed E-state index contributed by atoms with van der Waals surface area (Å²) in [6, 6.07) is 8.27. The van der Waals surface area contributed by atoms with Crippen molar-refractivity contribution in [3.63, 3.8) is 0 Å². The van der Waals surface area contributed by atoms with Crippen LogP contribution in [0.1, 0.15) is 12.7 Å². The molecule has 0 radical (unpaired) electrons. The number of hydrogen-bond donors (Lipinski definition) is 1. The van der Waals surface area contributed by atoms with E-state index in [-0.39, 0.29) is 23.3 Å². The molecule has 0 saturated heterocycles. The number of rotatable bonds is 4. The van der Waals surface area contributed by atoms with Crippen molar-refractivity contribution in [3.8, 4) is 0 Å². The number of aromatic nitrogens is 2. The molecule has 2 aromatic rings. The number of carbonyl (C=O) groups excluding carboxylic acids is 1. The van der Waals surface area contributed by atoms with E-state index in [0.717, 1.165) is 5.82 Å². The Labute approximate surface area is 141 Å². The number of amides is 1. The Kier molecular flexibility index (Phi) is 4.68. The molecule has 0 saturated carbocycles. The molecule has 2 heterocycles. The molecule has 24 heavy (non-hydrogen) atoms. The number of nitrogens with one attached hydrogen (secondary N) is 1. The molecule has 1 N–H and O–H groups in total. The lowest BCUT2D eigenvalue weighted by molar-refractivity contribution is -0.129. The van der Waals surface area contributed by atoms with Crippen molar-refractivity contribution in [3.05, 3.63) is 48.5 Å². The van der Waals surface area contributed by atoms with Gasteiger partial charge in [0, 0.05) is 44.9 Å². The Morgan fingerprint density at radius 2 is 2.04 bits per heavy atom. The van der Waals surface area contributed by atoms with Gasteiger partial charge in [-0.15, -0.1) is 0 Å². The van der Waals surface area contributed by atoms with Crippen molar-refractivity contribution >= 4 is 15.9 Å². The number of benzene rings is 1. The molecule has 1 atom stereocenters. The fourth-order valence-corrected chi connectivity index (χ4v) is 3.96. The normalized spacial score (nSPS) is 18.0. The zero-order chi connectivity index (χ0) is 17.2. The maximum Gasteiger partial charge on any atom is 0.240 e. The summed E-state index contributed by atoms with van der Waals surface area (Å²) in [4.78, 5) is 18.0. The Morgan fingerprint density at radius 1 is 1.29 bits per heavy atom. The molecular formula is C16H20N4O3S. The minimum atomic E-state index is -3.55. The molecular weight excluding hydrogens is 328 g/mol. The molecule has 128 valence electrons. The minimum Gasteiger partial charge on any atom is -0.335 e. The maximum absolute atomic E-state index is 12.4. The average Bonchev–Trinajstić information content (AvgIpc) is 2.91. The van der Waals surface area contributed by atoms with Gasteiger partial charge in [0.25, 0.3) is 0 Å². The van der Waals surface area contributed by atoms with E-state index < -0.39 is 10.0 Å². The largest absolute Gasteiger partial charge is 0.335 e. The lowest BCUT2D eigenvalue weighted by Gasteiger charge is -2.23. The third-order valence-electron chi connectivity index (χ3n) is 4.13. The zero-order valence-electron chi connectivity index (χ0n) is 13.4. The zero-order valence-corrected chi connectivity index (χ0v) is 14.2. The minimum absolute atomic E-state index is 0.0252. The van der Waals surface area contributed by atoms with Gasteiger partial charge in [0.1, 0.15) is 5.82 Å². The van der Waals surface area contributed by atoms with Crippen LogP contribution in [0.2, 0.25) is 0 Å². The standard InChI is InChI=1S/C16H20N4O3S/c1-13(21)20-11-14(10-19-8-7-17-16(19)12-20)9-18-24(22,23)15-5-3-2-4-6-15/h2-8,14,18H,9-12H2,1H3. The van der Waals surface area contributed by atoms with Gasteiger partial charge < -0.3 is 9.47 Å². The number of nitrogens with zero attached hydrogens (tertiary/aromatic N) is 3. The van der Waals surface area contributed by atoms with E-state index in [1.807, 2.05) is 10.8 Å². The maximum atomic E-state index is 12.4. The van der Waals surface area contributed by atoms with Gasteiger partial charge in [0.2, 0.25) is 15.9 Å². The van der Waals surface area contributed by atoms with Gasteiger partial charge in [-0.2, -0.15) is 0 Å². The molecule has 1 aromatic carbocycles. The lowest BCUT2D eigenvalue weighted by Crippen LogP contribution is -2.38. The summed E-state index contributed by atoms with van der Waals surface area (Å²) in [6.45, 7) is 3.35. The van der Waals surface area contributed by atoms with Crippen molar-refractivity contribution in [2.24, 2.45) is 5.92 Å². The lowest BCUT2D eigenvalue weighted by atomic mass is 10.1. The van der Waals surface area contributed by atoms with Crippen LogP contribution in [0.3, 0.4) is 0 Å². The number of sulfonamides is 1. The monoisotopic (exact) mass is 348 g/mol. The van der Waals surface area contributed by atoms with Gasteiger partial charge in [-0.25, -0.2) is 18.1 Å². The molecule has 0 bridgehead atoms. The first-order chi connectivity index (χ1) is 11.5. The van der Waals surface area contributed by atoms with Gasteiger partial charge in [0.05, 0.1) is 11.4 Å². The van der Waals surface area contributed by atoms with Crippen molar-refractivity contribution in [1.82, 2.24) is 19.2 Å². The predicted octanol–water partition coefficient (Wildman–Crippen LogP) is 0.840. The van der Waals surface area contributed by atoms with E-state index in [1.165, 1.54) is 6.92 Å². The topological polar surface area (TPSA) is 84.3 Å². The number of fused-ring (bicyclic) bond motifs is 1. The van der Waals surface area contributed by atoms with Crippen LogP contribution >= 0.6 is 0 Å². The van der Waals surface area contributed by atoms with Gasteiger partial charge in [0.15, 0.2) is 0 Å². The van der Waals surface area contributed by atoms with Gasteiger partial charge in [-0.1, -0.05) is 18.2 Å². The summed E-state index contributed by atoms with van der Waals surface area (Å²) >= 11 is 0. The Bertz CT molecular complexity index is 817. The molecule has 1 aliphatic heterocycles. The van der Waals surface area contributed by atoms with Crippen LogP contribution in [0, 0.1) is 5.92 Å². The van der Waals surface area contributed by atoms with Crippen molar-refractivity contribution in [2.45, 2.75) is 24.9 Å². The van der Waals surface area contributed by atoms with Crippen LogP contribution in [-0.2, 0) is 27.9 Å². The third kappa shape index (κ3) is 3.65. The van der Waals surface area contributed by atoms with Crippen LogP contribution in [0.25, 0.3) is 0 Å². The van der Waals surface area contributed by atoms with Crippen LogP contribution in [0.15, 0.2) is 47.6 Å². The van der Waals surface area contributed by atoms with E-state index in [2.05, 4.69) is 9.71 Å². The highest BCUT2D eigenvalue weighted by molar-refractivity contribution is 7.89. The Hall–Kier alpha value is -2.19. The summed E-state index contributed by atoms with van der Waals surface area (Å²) in [6.07, 6.45) is 3.56. The van der Waals surface area contributed by atoms with Crippen LogP contribution in [0.5, 0.6) is 0 Å². The van der Waals surface area contributed by atoms with Gasteiger partial charge in [-0.05, 0) is 12.1 Å². The van der Waals surface area contributed by atoms with E-state index in [0.29, 0.717) is 19.6 Å². The molecule has 1 unspecified atom stereocenters. The first-order valence-corrected chi connectivity index (χ1v) is 9.24. The SMILES string of the molecule is CC(=O)N1Cc2nccn2CC(CNS(=O)(=O)c2ccccc2)C1. The van der Waals surface area contributed by atoms with Crippen LogP contribution in [0.4, 0.5) is 0 Å². The Balaban J connectivity index is 1.73. The smallest absolute Gasteiger partial charge is 0.240 e. The summed E-state index contributed by atoms with van der Waals surface area (Å²) in [5.74, 6) is 0.754. The van der Waals surface area contributed by atoms with E-state index in [9.17, 15) is 13.2 Å². The van der Waals surface area contributed by atoms with Crippen molar-refractivity contribution < 1.29 is 13.2 Å². The predicted molar refractivity (Wildman–Crippen MR) is 88.4 cm³/mol. The van der Waals surface area contributed by atoms with Gasteiger partial charge >= 0.3 is 0 Å². The van der Waals surface area contributed by atoms with Crippen molar-refractivity contribution in [1.29, 1.82) is 0 Å². The second kappa shape index (κ2) is 6.74. The number of carbonyl (C=O) groups is 1. The van der Waals surface area contributed by atoms with E-state index in [4.69, 9.17) is 0 Å². The number of imidazole rings is 1. The molecule has 8 heteroatoms. The molecule has 1 aliphatic rings. The summed E-state index contributed by atoms with van der Waals surface area (Å²) < 4.78 is 29.4.